The van der Waals surface area contributed by atoms with E-state index in [0.29, 0.717) is 37.4 Å². The molecule has 1 aromatic carbocycles. The predicted octanol–water partition coefficient (Wildman–Crippen LogP) is 1.35. The number of amides is 2. The van der Waals surface area contributed by atoms with Crippen LogP contribution in [-0.4, -0.2) is 23.6 Å². The number of Topliss-reactive ketones (excluding diaryl/α,β-unsaturated/α-hetero) is 1. The molecule has 2 fully saturated rings. The van der Waals surface area contributed by atoms with Gasteiger partial charge in [-0.2, -0.15) is 0 Å². The van der Waals surface area contributed by atoms with Crippen molar-refractivity contribution in [3.05, 3.63) is 29.8 Å². The number of hydrogen-bond donors (Lipinski definition) is 2. The van der Waals surface area contributed by atoms with Crippen molar-refractivity contribution in [3.63, 3.8) is 0 Å². The third-order valence-electron chi connectivity index (χ3n) is 3.91. The SMILES string of the molecule is O=C1CC(c2ccc(NC3CCC(=O)NC3=O)cc2)C1. The lowest BCUT2D eigenvalue weighted by molar-refractivity contribution is -0.133. The summed E-state index contributed by atoms with van der Waals surface area (Å²) in [5.41, 5.74) is 2.02. The fourth-order valence-corrected chi connectivity index (χ4v) is 2.61. The molecule has 0 bridgehead atoms. The van der Waals surface area contributed by atoms with Crippen molar-refractivity contribution < 1.29 is 14.4 Å². The molecule has 3 rings (SSSR count). The molecule has 2 amide bonds. The number of nitrogens with one attached hydrogen (secondary N) is 2. The predicted molar refractivity (Wildman–Crippen MR) is 73.2 cm³/mol. The van der Waals surface area contributed by atoms with Gasteiger partial charge in [0.05, 0.1) is 0 Å². The van der Waals surface area contributed by atoms with E-state index in [4.69, 9.17) is 0 Å². The summed E-state index contributed by atoms with van der Waals surface area (Å²) in [5, 5.41) is 5.46. The van der Waals surface area contributed by atoms with E-state index in [0.717, 1.165) is 5.69 Å². The van der Waals surface area contributed by atoms with Gasteiger partial charge in [0.1, 0.15) is 11.8 Å². The molecule has 1 aliphatic carbocycles. The van der Waals surface area contributed by atoms with Crippen LogP contribution in [0.4, 0.5) is 5.69 Å². The third-order valence-corrected chi connectivity index (χ3v) is 3.91. The molecule has 1 saturated heterocycles. The number of piperidine rings is 1. The van der Waals surface area contributed by atoms with Crippen LogP contribution in [0, 0.1) is 0 Å². The third kappa shape index (κ3) is 2.57. The van der Waals surface area contributed by atoms with Crippen LogP contribution in [0.1, 0.15) is 37.2 Å². The van der Waals surface area contributed by atoms with Crippen molar-refractivity contribution in [1.29, 1.82) is 0 Å². The highest BCUT2D eigenvalue weighted by atomic mass is 16.2. The van der Waals surface area contributed by atoms with E-state index < -0.39 is 0 Å². The average Bonchev–Trinajstić information content (AvgIpc) is 2.39. The first kappa shape index (κ1) is 12.8. The lowest BCUT2D eigenvalue weighted by atomic mass is 9.79. The summed E-state index contributed by atoms with van der Waals surface area (Å²) in [7, 11) is 0. The average molecular weight is 272 g/mol. The van der Waals surface area contributed by atoms with Crippen LogP contribution in [0.25, 0.3) is 0 Å². The number of carbonyl (C=O) groups excluding carboxylic acids is 3. The number of benzene rings is 1. The lowest BCUT2D eigenvalue weighted by Gasteiger charge is -2.25. The number of carbonyl (C=O) groups is 3. The Morgan fingerprint density at radius 2 is 1.75 bits per heavy atom. The molecule has 1 aliphatic heterocycles. The normalized spacial score (nSPS) is 23.2. The summed E-state index contributed by atoms with van der Waals surface area (Å²) in [4.78, 5) is 33.7. The first-order valence-corrected chi connectivity index (χ1v) is 6.84. The van der Waals surface area contributed by atoms with Gasteiger partial charge in [0, 0.05) is 24.9 Å². The summed E-state index contributed by atoms with van der Waals surface area (Å²) in [6.45, 7) is 0. The molecule has 5 heteroatoms. The molecule has 1 saturated carbocycles. The highest BCUT2D eigenvalue weighted by Crippen LogP contribution is 2.34. The van der Waals surface area contributed by atoms with Crippen molar-refractivity contribution in [1.82, 2.24) is 5.32 Å². The molecule has 2 N–H and O–H groups in total. The maximum absolute atomic E-state index is 11.6. The molecule has 0 spiro atoms. The minimum absolute atomic E-state index is 0.210. The molecule has 2 aliphatic rings. The molecular formula is C15H16N2O3. The minimum atomic E-state index is -0.358. The molecule has 1 heterocycles. The van der Waals surface area contributed by atoms with Crippen LogP contribution in [0.5, 0.6) is 0 Å². The largest absolute Gasteiger partial charge is 0.374 e. The zero-order chi connectivity index (χ0) is 14.1. The fraction of sp³-hybridized carbons (Fsp3) is 0.400. The van der Waals surface area contributed by atoms with Crippen molar-refractivity contribution in [2.24, 2.45) is 0 Å². The van der Waals surface area contributed by atoms with Gasteiger partial charge >= 0.3 is 0 Å². The Morgan fingerprint density at radius 3 is 2.35 bits per heavy atom. The van der Waals surface area contributed by atoms with Gasteiger partial charge in [0.25, 0.3) is 0 Å². The summed E-state index contributed by atoms with van der Waals surface area (Å²) in [6.07, 6.45) is 2.16. The molecule has 104 valence electrons. The summed E-state index contributed by atoms with van der Waals surface area (Å²) < 4.78 is 0. The number of ketones is 1. The van der Waals surface area contributed by atoms with E-state index in [1.165, 1.54) is 5.56 Å². The first-order valence-electron chi connectivity index (χ1n) is 6.84. The summed E-state index contributed by atoms with van der Waals surface area (Å²) >= 11 is 0. The topological polar surface area (TPSA) is 75.3 Å². The van der Waals surface area contributed by atoms with Gasteiger partial charge in [0.15, 0.2) is 0 Å². The number of imide groups is 1. The second-order valence-electron chi connectivity index (χ2n) is 5.41. The van der Waals surface area contributed by atoms with E-state index in [-0.39, 0.29) is 17.9 Å². The second-order valence-corrected chi connectivity index (χ2v) is 5.41. The van der Waals surface area contributed by atoms with Gasteiger partial charge in [0.2, 0.25) is 11.8 Å². The number of hydrogen-bond acceptors (Lipinski definition) is 4. The fourth-order valence-electron chi connectivity index (χ4n) is 2.61. The molecule has 20 heavy (non-hydrogen) atoms. The van der Waals surface area contributed by atoms with E-state index in [9.17, 15) is 14.4 Å². The Bertz CT molecular complexity index is 557. The smallest absolute Gasteiger partial charge is 0.249 e. The maximum Gasteiger partial charge on any atom is 0.249 e. The van der Waals surface area contributed by atoms with E-state index in [1.807, 2.05) is 24.3 Å². The van der Waals surface area contributed by atoms with E-state index >= 15 is 0 Å². The molecule has 1 unspecified atom stereocenters. The Morgan fingerprint density at radius 1 is 1.05 bits per heavy atom. The molecule has 0 radical (unpaired) electrons. The number of anilines is 1. The Balaban J connectivity index is 1.62. The van der Waals surface area contributed by atoms with Gasteiger partial charge < -0.3 is 5.32 Å². The van der Waals surface area contributed by atoms with Gasteiger partial charge in [-0.25, -0.2) is 0 Å². The van der Waals surface area contributed by atoms with Gasteiger partial charge in [-0.05, 0) is 30.0 Å². The second kappa shape index (κ2) is 5.07. The van der Waals surface area contributed by atoms with Crippen LogP contribution >= 0.6 is 0 Å². The van der Waals surface area contributed by atoms with Crippen LogP contribution < -0.4 is 10.6 Å². The van der Waals surface area contributed by atoms with Crippen molar-refractivity contribution in [2.75, 3.05) is 5.32 Å². The van der Waals surface area contributed by atoms with Gasteiger partial charge in [-0.15, -0.1) is 0 Å². The van der Waals surface area contributed by atoms with Crippen LogP contribution in [-0.2, 0) is 14.4 Å². The van der Waals surface area contributed by atoms with Gasteiger partial charge in [-0.1, -0.05) is 12.1 Å². The van der Waals surface area contributed by atoms with Crippen molar-refractivity contribution in [2.45, 2.75) is 37.6 Å². The maximum atomic E-state index is 11.6. The van der Waals surface area contributed by atoms with Crippen LogP contribution in [0.3, 0.4) is 0 Å². The Labute approximate surface area is 116 Å². The Kier molecular flexibility index (Phi) is 3.26. The Hall–Kier alpha value is -2.17. The highest BCUT2D eigenvalue weighted by molar-refractivity contribution is 6.01. The highest BCUT2D eigenvalue weighted by Gasteiger charge is 2.28. The number of rotatable bonds is 3. The quantitative estimate of drug-likeness (QED) is 0.814. The zero-order valence-corrected chi connectivity index (χ0v) is 11.0. The first-order chi connectivity index (χ1) is 9.61. The molecular weight excluding hydrogens is 256 g/mol. The minimum Gasteiger partial charge on any atom is -0.374 e. The van der Waals surface area contributed by atoms with Crippen LogP contribution in [0.2, 0.25) is 0 Å². The summed E-state index contributed by atoms with van der Waals surface area (Å²) in [6, 6.07) is 7.46. The lowest BCUT2D eigenvalue weighted by Crippen LogP contribution is -2.47. The van der Waals surface area contributed by atoms with Gasteiger partial charge in [-0.3, -0.25) is 19.7 Å². The van der Waals surface area contributed by atoms with Crippen molar-refractivity contribution >= 4 is 23.3 Å². The standard InChI is InChI=1S/C15H16N2O3/c18-12-7-10(8-12)9-1-3-11(4-2-9)16-13-5-6-14(19)17-15(13)20/h1-4,10,13,16H,5-8H2,(H,17,19,20). The monoisotopic (exact) mass is 272 g/mol. The molecule has 0 aromatic heterocycles. The van der Waals surface area contributed by atoms with E-state index in [1.54, 1.807) is 0 Å². The van der Waals surface area contributed by atoms with Crippen molar-refractivity contribution in [3.8, 4) is 0 Å². The molecule has 5 nitrogen and oxygen atoms in total. The molecule has 1 atom stereocenters. The summed E-state index contributed by atoms with van der Waals surface area (Å²) in [5.74, 6) is 0.195. The molecule has 1 aromatic rings. The van der Waals surface area contributed by atoms with E-state index in [2.05, 4.69) is 10.6 Å². The zero-order valence-electron chi connectivity index (χ0n) is 11.0. The van der Waals surface area contributed by atoms with Crippen LogP contribution in [0.15, 0.2) is 24.3 Å².